The van der Waals surface area contributed by atoms with Gasteiger partial charge in [0, 0.05) is 24.2 Å². The normalized spacial score (nSPS) is 11.2. The van der Waals surface area contributed by atoms with Crippen molar-refractivity contribution in [2.24, 2.45) is 0 Å². The molecule has 0 aliphatic carbocycles. The number of hydrogen-bond acceptors (Lipinski definition) is 7. The van der Waals surface area contributed by atoms with Crippen LogP contribution in [0.2, 0.25) is 0 Å². The molecule has 0 fully saturated rings. The first-order valence-corrected chi connectivity index (χ1v) is 10.6. The van der Waals surface area contributed by atoms with E-state index in [9.17, 15) is 14.4 Å². The number of ether oxygens (including phenoxy) is 3. The largest absolute Gasteiger partial charge is 0.466 e. The number of rotatable bonds is 8. The molecule has 1 aromatic carbocycles. The number of carbonyl (C=O) groups excluding carboxylic acids is 3. The first-order chi connectivity index (χ1) is 16.0. The number of terminal acetylenes is 1. The molecule has 1 aromatic heterocycles. The van der Waals surface area contributed by atoms with E-state index in [1.807, 2.05) is 12.1 Å². The molecule has 0 aliphatic heterocycles. The van der Waals surface area contributed by atoms with Gasteiger partial charge in [-0.1, -0.05) is 30.7 Å². The first-order valence-electron chi connectivity index (χ1n) is 10.6. The second-order valence-corrected chi connectivity index (χ2v) is 8.39. The molecule has 0 spiro atoms. The summed E-state index contributed by atoms with van der Waals surface area (Å²) in [6.45, 7) is 9.82. The molecule has 0 atom stereocenters. The average molecular weight is 467 g/mol. The van der Waals surface area contributed by atoms with Gasteiger partial charge in [0.2, 0.25) is 0 Å². The lowest BCUT2D eigenvalue weighted by molar-refractivity contribution is -0.135. The summed E-state index contributed by atoms with van der Waals surface area (Å²) in [4.78, 5) is 38.9. The van der Waals surface area contributed by atoms with Crippen LogP contribution in [0.1, 0.15) is 32.0 Å². The number of benzene rings is 1. The number of hydrogen-bond donors (Lipinski definition) is 0. The Hall–Kier alpha value is -3.99. The molecule has 8 heteroatoms. The highest BCUT2D eigenvalue weighted by Crippen LogP contribution is 2.32. The van der Waals surface area contributed by atoms with E-state index in [-0.39, 0.29) is 12.1 Å². The van der Waals surface area contributed by atoms with Crippen molar-refractivity contribution in [1.82, 2.24) is 9.47 Å². The van der Waals surface area contributed by atoms with Gasteiger partial charge in [0.25, 0.3) is 0 Å². The summed E-state index contributed by atoms with van der Waals surface area (Å²) in [6, 6.07) is 7.26. The lowest BCUT2D eigenvalue weighted by Gasteiger charge is -2.21. The molecule has 0 bridgehead atoms. The minimum Gasteiger partial charge on any atom is -0.466 e. The molecule has 0 aliphatic rings. The van der Waals surface area contributed by atoms with Gasteiger partial charge in [-0.3, -0.25) is 0 Å². The summed E-state index contributed by atoms with van der Waals surface area (Å²) in [5, 5.41) is 0.756. The Labute approximate surface area is 199 Å². The number of fused-ring (bicyclic) bond motifs is 1. The molecule has 2 aromatic rings. The van der Waals surface area contributed by atoms with Gasteiger partial charge in [0.15, 0.2) is 0 Å². The van der Waals surface area contributed by atoms with E-state index in [4.69, 9.17) is 15.9 Å². The molecule has 0 radical (unpaired) electrons. The molecule has 0 saturated carbocycles. The van der Waals surface area contributed by atoms with E-state index < -0.39 is 23.6 Å². The summed E-state index contributed by atoms with van der Waals surface area (Å²) < 4.78 is 16.5. The van der Waals surface area contributed by atoms with Crippen LogP contribution >= 0.6 is 0 Å². The van der Waals surface area contributed by atoms with E-state index >= 15 is 0 Å². The van der Waals surface area contributed by atoms with E-state index in [2.05, 4.69) is 17.2 Å². The highest BCUT2D eigenvalue weighted by molar-refractivity contribution is 6.18. The minimum absolute atomic E-state index is 0.0214. The Balaban J connectivity index is 2.63. The second kappa shape index (κ2) is 11.2. The Morgan fingerprint density at radius 3 is 2.44 bits per heavy atom. The standard InChI is InChI=1S/C26H30N2O6/c1-8-15-27(17-14-22(29)32-6)16-13-20-19-11-9-10-12-21(19)28(25(31)34-26(3,4)5)23(20)18(2)24(30)33-7/h1,9-12,14,17H,2,13,15-16H2,3-7H3/b17-14+. The summed E-state index contributed by atoms with van der Waals surface area (Å²) in [7, 11) is 2.54. The lowest BCUT2D eigenvalue weighted by Crippen LogP contribution is -2.28. The van der Waals surface area contributed by atoms with Gasteiger partial charge < -0.3 is 19.1 Å². The van der Waals surface area contributed by atoms with Gasteiger partial charge >= 0.3 is 18.0 Å². The zero-order valence-electron chi connectivity index (χ0n) is 20.2. The Morgan fingerprint density at radius 2 is 1.85 bits per heavy atom. The smallest absolute Gasteiger partial charge is 0.419 e. The molecule has 0 amide bonds. The summed E-state index contributed by atoms with van der Waals surface area (Å²) in [5.41, 5.74) is 0.841. The number of aromatic nitrogens is 1. The Bertz CT molecular complexity index is 1160. The van der Waals surface area contributed by atoms with E-state index in [0.717, 1.165) is 5.39 Å². The quantitative estimate of drug-likeness (QED) is 0.253. The van der Waals surface area contributed by atoms with Crippen molar-refractivity contribution >= 4 is 34.5 Å². The number of carbonyl (C=O) groups is 3. The molecular formula is C26H30N2O6. The van der Waals surface area contributed by atoms with Gasteiger partial charge in [0.05, 0.1) is 37.5 Å². The fraction of sp³-hybridized carbons (Fsp3) is 0.346. The van der Waals surface area contributed by atoms with Crippen molar-refractivity contribution in [3.63, 3.8) is 0 Å². The van der Waals surface area contributed by atoms with Crippen LogP contribution < -0.4 is 0 Å². The van der Waals surface area contributed by atoms with Gasteiger partial charge in [-0.25, -0.2) is 19.0 Å². The lowest BCUT2D eigenvalue weighted by atomic mass is 10.0. The molecule has 0 N–H and O–H groups in total. The fourth-order valence-electron chi connectivity index (χ4n) is 3.41. The zero-order valence-corrected chi connectivity index (χ0v) is 20.2. The topological polar surface area (TPSA) is 87.1 Å². The van der Waals surface area contributed by atoms with Crippen LogP contribution in [0.5, 0.6) is 0 Å². The maximum Gasteiger partial charge on any atom is 0.419 e. The third-order valence-electron chi connectivity index (χ3n) is 4.84. The summed E-state index contributed by atoms with van der Waals surface area (Å²) >= 11 is 0. The highest BCUT2D eigenvalue weighted by Gasteiger charge is 2.29. The summed E-state index contributed by atoms with van der Waals surface area (Å²) in [6.07, 6.45) is 8.05. The third kappa shape index (κ3) is 6.29. The maximum atomic E-state index is 13.2. The molecule has 8 nitrogen and oxygen atoms in total. The van der Waals surface area contributed by atoms with Crippen LogP contribution in [0.3, 0.4) is 0 Å². The fourth-order valence-corrected chi connectivity index (χ4v) is 3.41. The van der Waals surface area contributed by atoms with E-state index in [1.54, 1.807) is 44.0 Å². The highest BCUT2D eigenvalue weighted by atomic mass is 16.6. The van der Waals surface area contributed by atoms with Crippen molar-refractivity contribution in [3.05, 3.63) is 54.4 Å². The van der Waals surface area contributed by atoms with Crippen molar-refractivity contribution in [2.75, 3.05) is 27.3 Å². The molecule has 1 heterocycles. The molecular weight excluding hydrogens is 436 g/mol. The predicted octanol–water partition coefficient (Wildman–Crippen LogP) is 3.78. The van der Waals surface area contributed by atoms with Crippen molar-refractivity contribution in [1.29, 1.82) is 0 Å². The van der Waals surface area contributed by atoms with E-state index in [0.29, 0.717) is 29.7 Å². The third-order valence-corrected chi connectivity index (χ3v) is 4.84. The molecule has 34 heavy (non-hydrogen) atoms. The SMILES string of the molecule is C#CCN(/C=C/C(=O)OC)CCc1c(C(=C)C(=O)OC)n(C(=O)OC(C)(C)C)c2ccccc12. The summed E-state index contributed by atoms with van der Waals surface area (Å²) in [5.74, 6) is 1.37. The van der Waals surface area contributed by atoms with Crippen LogP contribution in [0, 0.1) is 12.3 Å². The van der Waals surface area contributed by atoms with Crippen molar-refractivity contribution < 1.29 is 28.6 Å². The predicted molar refractivity (Wildman–Crippen MR) is 130 cm³/mol. The number of nitrogens with zero attached hydrogens (tertiary/aromatic N) is 2. The Morgan fingerprint density at radius 1 is 1.18 bits per heavy atom. The van der Waals surface area contributed by atoms with Crippen LogP contribution in [-0.2, 0) is 30.2 Å². The van der Waals surface area contributed by atoms with Crippen LogP contribution in [0.25, 0.3) is 16.5 Å². The number of methoxy groups -OCH3 is 2. The zero-order chi connectivity index (χ0) is 25.5. The second-order valence-electron chi connectivity index (χ2n) is 8.39. The first kappa shape index (κ1) is 26.3. The minimum atomic E-state index is -0.755. The van der Waals surface area contributed by atoms with E-state index in [1.165, 1.54) is 24.9 Å². The van der Waals surface area contributed by atoms with Crippen LogP contribution in [-0.4, -0.2) is 60.4 Å². The van der Waals surface area contributed by atoms with Crippen molar-refractivity contribution in [2.45, 2.75) is 32.8 Å². The van der Waals surface area contributed by atoms with Gasteiger partial charge in [-0.2, -0.15) is 0 Å². The average Bonchev–Trinajstić information content (AvgIpc) is 3.12. The molecule has 2 rings (SSSR count). The molecule has 180 valence electrons. The molecule has 0 saturated heterocycles. The molecule has 0 unspecified atom stereocenters. The number of esters is 2. The van der Waals surface area contributed by atoms with Crippen LogP contribution in [0.4, 0.5) is 4.79 Å². The Kier molecular flexibility index (Phi) is 8.68. The number of para-hydroxylation sites is 1. The maximum absolute atomic E-state index is 13.2. The monoisotopic (exact) mass is 466 g/mol. The van der Waals surface area contributed by atoms with Gasteiger partial charge in [-0.05, 0) is 38.8 Å². The van der Waals surface area contributed by atoms with Gasteiger partial charge in [0.1, 0.15) is 5.60 Å². The van der Waals surface area contributed by atoms with Gasteiger partial charge in [-0.15, -0.1) is 6.42 Å². The van der Waals surface area contributed by atoms with Crippen molar-refractivity contribution in [3.8, 4) is 12.3 Å². The van der Waals surface area contributed by atoms with Crippen LogP contribution in [0.15, 0.2) is 43.1 Å².